The fraction of sp³-hybridized carbons (Fsp3) is 0.269. The summed E-state index contributed by atoms with van der Waals surface area (Å²) in [6, 6.07) is 15.6. The number of aryl methyl sites for hydroxylation is 1. The number of carbonyl (C=O) groups is 1. The summed E-state index contributed by atoms with van der Waals surface area (Å²) >= 11 is 6.03. The number of ether oxygens (including phenoxy) is 1. The molecule has 9 heteroatoms. The lowest BCUT2D eigenvalue weighted by Gasteiger charge is -2.38. The first-order valence-corrected chi connectivity index (χ1v) is 12.8. The first kappa shape index (κ1) is 25.0. The van der Waals surface area contributed by atoms with Crippen LogP contribution in [0.25, 0.3) is 11.1 Å². The van der Waals surface area contributed by atoms with Crippen LogP contribution in [0.1, 0.15) is 25.8 Å². The van der Waals surface area contributed by atoms with Crippen molar-refractivity contribution < 1.29 is 27.4 Å². The number of halogens is 2. The lowest BCUT2D eigenvalue weighted by molar-refractivity contribution is -0.148. The van der Waals surface area contributed by atoms with Gasteiger partial charge in [-0.3, -0.25) is 9.10 Å². The summed E-state index contributed by atoms with van der Waals surface area (Å²) in [5.74, 6) is -1.22. The summed E-state index contributed by atoms with van der Waals surface area (Å²) in [6.07, 6.45) is -0.592. The third-order valence-corrected chi connectivity index (χ3v) is 7.97. The molecule has 1 N–H and O–H groups in total. The Morgan fingerprint density at radius 3 is 2.54 bits per heavy atom. The molecule has 0 aliphatic carbocycles. The Kier molecular flexibility index (Phi) is 6.55. The molecule has 0 bridgehead atoms. The molecule has 6 nitrogen and oxygen atoms in total. The van der Waals surface area contributed by atoms with Gasteiger partial charge >= 0.3 is 5.97 Å². The molecule has 184 valence electrons. The quantitative estimate of drug-likeness (QED) is 0.439. The number of fused-ring (bicyclic) bond motifs is 1. The summed E-state index contributed by atoms with van der Waals surface area (Å²) in [7, 11) is -4.02. The molecule has 3 aromatic carbocycles. The Morgan fingerprint density at radius 2 is 1.89 bits per heavy atom. The number of anilines is 1. The summed E-state index contributed by atoms with van der Waals surface area (Å²) < 4.78 is 48.9. The molecule has 4 rings (SSSR count). The summed E-state index contributed by atoms with van der Waals surface area (Å²) in [6.45, 7) is 4.87. The molecule has 0 spiro atoms. The van der Waals surface area contributed by atoms with Crippen LogP contribution < -0.4 is 9.04 Å². The molecule has 1 aliphatic rings. The molecule has 0 aromatic heterocycles. The minimum atomic E-state index is -4.02. The Bertz CT molecular complexity index is 1390. The van der Waals surface area contributed by atoms with Crippen LogP contribution in [-0.4, -0.2) is 32.1 Å². The number of benzene rings is 3. The van der Waals surface area contributed by atoms with E-state index in [2.05, 4.69) is 0 Å². The standard InChI is InChI=1S/C26H25ClFNO5S/c1-16-5-4-6-22(9-16)35(32,33)29-15-21(14-26(2,3)25(30)31)34-24-8-7-17(12-23(24)29)18-10-19(27)13-20(28)11-18/h4-13,21H,14-15H2,1-3H3,(H,30,31)/t21-/m0/s1. The van der Waals surface area contributed by atoms with Gasteiger partial charge in [0, 0.05) is 11.4 Å². The fourth-order valence-corrected chi connectivity index (χ4v) is 5.93. The number of aliphatic carboxylic acids is 1. The SMILES string of the molecule is Cc1cccc(S(=O)(=O)N2C[C@H](CC(C)(C)C(=O)O)Oc3ccc(-c4cc(F)cc(Cl)c4)cc32)c1. The zero-order valence-corrected chi connectivity index (χ0v) is 21.0. The van der Waals surface area contributed by atoms with Crippen molar-refractivity contribution in [1.29, 1.82) is 0 Å². The van der Waals surface area contributed by atoms with Crippen LogP contribution in [0.4, 0.5) is 10.1 Å². The van der Waals surface area contributed by atoms with Crippen LogP contribution in [-0.2, 0) is 14.8 Å². The van der Waals surface area contributed by atoms with E-state index in [1.54, 1.807) is 63.2 Å². The van der Waals surface area contributed by atoms with Gasteiger partial charge in [0.1, 0.15) is 17.7 Å². The van der Waals surface area contributed by atoms with E-state index in [9.17, 15) is 22.7 Å². The smallest absolute Gasteiger partial charge is 0.309 e. The molecule has 0 fully saturated rings. The van der Waals surface area contributed by atoms with Gasteiger partial charge in [0.05, 0.1) is 22.5 Å². The molecule has 3 aromatic rings. The minimum Gasteiger partial charge on any atom is -0.486 e. The molecule has 0 radical (unpaired) electrons. The second-order valence-corrected chi connectivity index (χ2v) is 11.6. The van der Waals surface area contributed by atoms with Crippen molar-refractivity contribution in [3.05, 3.63) is 77.1 Å². The molecular formula is C26H25ClFNO5S. The molecule has 0 saturated carbocycles. The molecular weight excluding hydrogens is 493 g/mol. The van der Waals surface area contributed by atoms with Gasteiger partial charge in [0.25, 0.3) is 10.0 Å². The third kappa shape index (κ3) is 5.13. The fourth-order valence-electron chi connectivity index (χ4n) is 4.11. The van der Waals surface area contributed by atoms with Crippen LogP contribution in [0, 0.1) is 18.2 Å². The van der Waals surface area contributed by atoms with Gasteiger partial charge in [-0.1, -0.05) is 29.8 Å². The van der Waals surface area contributed by atoms with Gasteiger partial charge in [0.2, 0.25) is 0 Å². The third-order valence-electron chi connectivity index (χ3n) is 5.98. The number of rotatable bonds is 6. The molecule has 0 unspecified atom stereocenters. The van der Waals surface area contributed by atoms with Gasteiger partial charge in [-0.25, -0.2) is 12.8 Å². The number of nitrogens with zero attached hydrogens (tertiary/aromatic N) is 1. The van der Waals surface area contributed by atoms with Crippen molar-refractivity contribution in [2.45, 2.75) is 38.2 Å². The van der Waals surface area contributed by atoms with Crippen LogP contribution in [0.15, 0.2) is 65.6 Å². The molecule has 0 saturated heterocycles. The zero-order chi connectivity index (χ0) is 25.5. The van der Waals surface area contributed by atoms with Crippen molar-refractivity contribution >= 4 is 33.3 Å². The highest BCUT2D eigenvalue weighted by Crippen LogP contribution is 2.42. The Hall–Kier alpha value is -3.10. The van der Waals surface area contributed by atoms with Crippen molar-refractivity contribution in [3.8, 4) is 16.9 Å². The number of sulfonamides is 1. The first-order chi connectivity index (χ1) is 16.4. The Balaban J connectivity index is 1.83. The van der Waals surface area contributed by atoms with Gasteiger partial charge in [-0.05, 0) is 79.9 Å². The van der Waals surface area contributed by atoms with Crippen LogP contribution >= 0.6 is 11.6 Å². The number of hydrogen-bond donors (Lipinski definition) is 1. The predicted molar refractivity (Wildman–Crippen MR) is 133 cm³/mol. The molecule has 0 amide bonds. The molecule has 1 atom stereocenters. The van der Waals surface area contributed by atoms with Gasteiger partial charge in [0.15, 0.2) is 0 Å². The lowest BCUT2D eigenvalue weighted by atomic mass is 9.86. The van der Waals surface area contributed by atoms with Gasteiger partial charge in [-0.15, -0.1) is 0 Å². The van der Waals surface area contributed by atoms with Crippen molar-refractivity contribution in [2.75, 3.05) is 10.8 Å². The minimum absolute atomic E-state index is 0.0760. The summed E-state index contributed by atoms with van der Waals surface area (Å²) in [5.41, 5.74) is 0.988. The van der Waals surface area contributed by atoms with Crippen LogP contribution in [0.2, 0.25) is 5.02 Å². The first-order valence-electron chi connectivity index (χ1n) is 11.0. The highest BCUT2D eigenvalue weighted by molar-refractivity contribution is 7.92. The highest BCUT2D eigenvalue weighted by atomic mass is 35.5. The topological polar surface area (TPSA) is 83.9 Å². The van der Waals surface area contributed by atoms with E-state index < -0.39 is 33.3 Å². The normalized spacial score (nSPS) is 15.9. The predicted octanol–water partition coefficient (Wildman–Crippen LogP) is 5.91. The lowest BCUT2D eigenvalue weighted by Crippen LogP contribution is -2.46. The number of hydrogen-bond acceptors (Lipinski definition) is 4. The number of carboxylic acid groups (broad SMARTS) is 1. The highest BCUT2D eigenvalue weighted by Gasteiger charge is 2.39. The second-order valence-electron chi connectivity index (χ2n) is 9.33. The largest absolute Gasteiger partial charge is 0.486 e. The molecule has 35 heavy (non-hydrogen) atoms. The molecule has 1 heterocycles. The zero-order valence-electron chi connectivity index (χ0n) is 19.5. The Morgan fingerprint density at radius 1 is 1.14 bits per heavy atom. The maximum atomic E-state index is 14.0. The van der Waals surface area contributed by atoms with Crippen LogP contribution in [0.5, 0.6) is 5.75 Å². The van der Waals surface area contributed by atoms with E-state index in [1.165, 1.54) is 22.5 Å². The monoisotopic (exact) mass is 517 g/mol. The average Bonchev–Trinajstić information content (AvgIpc) is 2.77. The van der Waals surface area contributed by atoms with E-state index in [1.807, 2.05) is 0 Å². The van der Waals surface area contributed by atoms with Gasteiger partial charge in [-0.2, -0.15) is 0 Å². The van der Waals surface area contributed by atoms with Crippen molar-refractivity contribution in [3.63, 3.8) is 0 Å². The molecule has 1 aliphatic heterocycles. The average molecular weight is 518 g/mol. The van der Waals surface area contributed by atoms with Crippen molar-refractivity contribution in [1.82, 2.24) is 0 Å². The Labute approximate surface area is 209 Å². The van der Waals surface area contributed by atoms with E-state index in [0.717, 1.165) is 5.56 Å². The summed E-state index contributed by atoms with van der Waals surface area (Å²) in [4.78, 5) is 11.8. The van der Waals surface area contributed by atoms with E-state index in [0.29, 0.717) is 16.9 Å². The maximum absolute atomic E-state index is 14.0. The van der Waals surface area contributed by atoms with E-state index in [-0.39, 0.29) is 28.6 Å². The second kappa shape index (κ2) is 9.17. The summed E-state index contributed by atoms with van der Waals surface area (Å²) in [5, 5.41) is 9.80. The van der Waals surface area contributed by atoms with Gasteiger partial charge < -0.3 is 9.84 Å². The maximum Gasteiger partial charge on any atom is 0.309 e. The van der Waals surface area contributed by atoms with E-state index >= 15 is 0 Å². The van der Waals surface area contributed by atoms with E-state index in [4.69, 9.17) is 16.3 Å². The van der Waals surface area contributed by atoms with Crippen molar-refractivity contribution in [2.24, 2.45) is 5.41 Å². The van der Waals surface area contributed by atoms with Crippen LogP contribution in [0.3, 0.4) is 0 Å². The number of carboxylic acids is 1.